The molecular weight excluding hydrogens is 536 g/mol. The molecule has 0 aliphatic heterocycles. The molecule has 0 fully saturated rings. The van der Waals surface area contributed by atoms with Crippen LogP contribution < -0.4 is 0 Å². The summed E-state index contributed by atoms with van der Waals surface area (Å²) in [7, 11) is 0. The first-order chi connectivity index (χ1) is 20.9. The predicted molar refractivity (Wildman–Crippen MR) is 163 cm³/mol. The fraction of sp³-hybridized carbons (Fsp3) is 0.0857. The van der Waals surface area contributed by atoms with Gasteiger partial charge in [0.15, 0.2) is 11.2 Å². The Hall–Kier alpha value is -6.12. The molecule has 4 aromatic carbocycles. The second-order valence-electron chi connectivity index (χ2n) is 11.1. The first-order valence-electron chi connectivity index (χ1n) is 13.8. The van der Waals surface area contributed by atoms with E-state index in [1.54, 1.807) is 12.1 Å². The minimum absolute atomic E-state index is 0.473. The second kappa shape index (κ2) is 8.94. The molecule has 0 aliphatic carbocycles. The standard InChI is InChI=1S/C35H22N6O2/c1-35(2,31-13-15-40(38-31)23-9-11-29-27(17-23)25-7-3-5-21(19-36)33(25)42-29)32-14-16-41(39-32)24-10-12-30-28(18-24)26-8-4-6-22(20-37)34(26)43-30/h3-18H,1-2H3. The van der Waals surface area contributed by atoms with Gasteiger partial charge in [-0.05, 0) is 74.5 Å². The topological polar surface area (TPSA) is 109 Å². The van der Waals surface area contributed by atoms with Gasteiger partial charge in [-0.3, -0.25) is 0 Å². The van der Waals surface area contributed by atoms with Crippen molar-refractivity contribution in [2.45, 2.75) is 19.3 Å². The third-order valence-electron chi connectivity index (χ3n) is 8.19. The minimum Gasteiger partial charge on any atom is -0.455 e. The Morgan fingerprint density at radius 2 is 1.07 bits per heavy atom. The summed E-state index contributed by atoms with van der Waals surface area (Å²) >= 11 is 0. The highest BCUT2D eigenvalue weighted by Gasteiger charge is 2.29. The lowest BCUT2D eigenvalue weighted by molar-refractivity contribution is 0.576. The average Bonchev–Trinajstić information content (AvgIpc) is 3.84. The Morgan fingerprint density at radius 3 is 1.51 bits per heavy atom. The Labute approximate surface area is 245 Å². The van der Waals surface area contributed by atoms with Crippen LogP contribution in [-0.2, 0) is 5.41 Å². The molecule has 0 aliphatic rings. The van der Waals surface area contributed by atoms with E-state index in [1.165, 1.54) is 0 Å². The van der Waals surface area contributed by atoms with Crippen molar-refractivity contribution >= 4 is 43.9 Å². The van der Waals surface area contributed by atoms with Crippen LogP contribution in [0.2, 0.25) is 0 Å². The molecule has 0 radical (unpaired) electrons. The van der Waals surface area contributed by atoms with E-state index in [1.807, 2.05) is 94.6 Å². The summed E-state index contributed by atoms with van der Waals surface area (Å²) in [4.78, 5) is 0. The monoisotopic (exact) mass is 558 g/mol. The SMILES string of the molecule is CC(C)(c1ccn(-c2ccc3oc4c(C#N)cccc4c3c2)n1)c1ccn(-c2ccc3oc4c(C#N)cccc4c3c2)n1. The summed E-state index contributed by atoms with van der Waals surface area (Å²) in [6, 6.07) is 31.5. The maximum Gasteiger partial charge on any atom is 0.153 e. The summed E-state index contributed by atoms with van der Waals surface area (Å²) in [5, 5.41) is 32.5. The van der Waals surface area contributed by atoms with Gasteiger partial charge in [0, 0.05) is 33.9 Å². The van der Waals surface area contributed by atoms with Crippen LogP contribution in [0.15, 0.2) is 106 Å². The molecule has 0 atom stereocenters. The lowest BCUT2D eigenvalue weighted by atomic mass is 9.86. The van der Waals surface area contributed by atoms with Crippen LogP contribution in [-0.4, -0.2) is 19.6 Å². The number of aromatic nitrogens is 4. The molecule has 0 saturated heterocycles. The second-order valence-corrected chi connectivity index (χ2v) is 11.1. The lowest BCUT2D eigenvalue weighted by Crippen LogP contribution is -2.21. The first-order valence-corrected chi connectivity index (χ1v) is 13.8. The van der Waals surface area contributed by atoms with Crippen molar-refractivity contribution in [1.29, 1.82) is 10.5 Å². The molecule has 8 nitrogen and oxygen atoms in total. The van der Waals surface area contributed by atoms with Gasteiger partial charge in [0.05, 0.1) is 39.3 Å². The van der Waals surface area contributed by atoms with Gasteiger partial charge >= 0.3 is 0 Å². The minimum atomic E-state index is -0.473. The number of hydrogen-bond donors (Lipinski definition) is 0. The highest BCUT2D eigenvalue weighted by atomic mass is 16.3. The molecule has 8 rings (SSSR count). The van der Waals surface area contributed by atoms with E-state index in [-0.39, 0.29) is 0 Å². The van der Waals surface area contributed by atoms with Crippen LogP contribution in [0, 0.1) is 22.7 Å². The third kappa shape index (κ3) is 3.67. The average molecular weight is 559 g/mol. The largest absolute Gasteiger partial charge is 0.455 e. The summed E-state index contributed by atoms with van der Waals surface area (Å²) in [5.41, 5.74) is 6.76. The van der Waals surface area contributed by atoms with E-state index < -0.39 is 5.41 Å². The van der Waals surface area contributed by atoms with Crippen molar-refractivity contribution in [2.75, 3.05) is 0 Å². The molecule has 0 bridgehead atoms. The van der Waals surface area contributed by atoms with Crippen molar-refractivity contribution in [2.24, 2.45) is 0 Å². The third-order valence-corrected chi connectivity index (χ3v) is 8.19. The fourth-order valence-electron chi connectivity index (χ4n) is 5.77. The lowest BCUT2D eigenvalue weighted by Gasteiger charge is -2.19. The van der Waals surface area contributed by atoms with Gasteiger partial charge in [0.25, 0.3) is 0 Å². The van der Waals surface area contributed by atoms with Gasteiger partial charge in [0.2, 0.25) is 0 Å². The normalized spacial score (nSPS) is 11.9. The molecule has 0 N–H and O–H groups in total. The molecule has 4 aromatic heterocycles. The van der Waals surface area contributed by atoms with Gasteiger partial charge in [-0.25, -0.2) is 9.36 Å². The van der Waals surface area contributed by atoms with E-state index in [9.17, 15) is 10.5 Å². The van der Waals surface area contributed by atoms with Gasteiger partial charge < -0.3 is 8.83 Å². The molecule has 204 valence electrons. The van der Waals surface area contributed by atoms with E-state index in [4.69, 9.17) is 19.0 Å². The maximum absolute atomic E-state index is 9.48. The Balaban J connectivity index is 1.13. The molecular formula is C35H22N6O2. The zero-order valence-electron chi connectivity index (χ0n) is 23.2. The van der Waals surface area contributed by atoms with Crippen molar-refractivity contribution in [1.82, 2.24) is 19.6 Å². The summed E-state index contributed by atoms with van der Waals surface area (Å²) < 4.78 is 15.7. The number of nitriles is 2. The maximum atomic E-state index is 9.48. The van der Waals surface area contributed by atoms with Crippen LogP contribution in [0.25, 0.3) is 55.3 Å². The van der Waals surface area contributed by atoms with Crippen LogP contribution in [0.5, 0.6) is 0 Å². The smallest absolute Gasteiger partial charge is 0.153 e. The van der Waals surface area contributed by atoms with E-state index >= 15 is 0 Å². The Morgan fingerprint density at radius 1 is 0.605 bits per heavy atom. The molecule has 4 heterocycles. The highest BCUT2D eigenvalue weighted by Crippen LogP contribution is 2.35. The molecule has 0 unspecified atom stereocenters. The first kappa shape index (κ1) is 24.7. The molecule has 43 heavy (non-hydrogen) atoms. The number of benzene rings is 4. The Bertz CT molecular complexity index is 2300. The highest BCUT2D eigenvalue weighted by molar-refractivity contribution is 6.08. The molecule has 8 aromatic rings. The summed E-state index contributed by atoms with van der Waals surface area (Å²) in [6.07, 6.45) is 3.90. The number of fused-ring (bicyclic) bond motifs is 6. The fourth-order valence-corrected chi connectivity index (χ4v) is 5.77. The quantitative estimate of drug-likeness (QED) is 0.217. The van der Waals surface area contributed by atoms with Gasteiger partial charge in [-0.15, -0.1) is 0 Å². The van der Waals surface area contributed by atoms with Crippen LogP contribution in [0.4, 0.5) is 0 Å². The number of furan rings is 2. The van der Waals surface area contributed by atoms with Crippen LogP contribution in [0.1, 0.15) is 36.4 Å². The molecule has 0 saturated carbocycles. The zero-order valence-corrected chi connectivity index (χ0v) is 23.2. The molecule has 0 spiro atoms. The number of rotatable bonds is 4. The van der Waals surface area contributed by atoms with Crippen LogP contribution >= 0.6 is 0 Å². The number of nitrogens with zero attached hydrogens (tertiary/aromatic N) is 6. The van der Waals surface area contributed by atoms with Crippen molar-refractivity contribution in [3.8, 4) is 23.5 Å². The molecule has 0 amide bonds. The summed E-state index contributed by atoms with van der Waals surface area (Å²) in [6.45, 7) is 4.22. The van der Waals surface area contributed by atoms with Gasteiger partial charge in [-0.1, -0.05) is 24.3 Å². The van der Waals surface area contributed by atoms with Crippen molar-refractivity contribution < 1.29 is 8.83 Å². The van der Waals surface area contributed by atoms with Crippen molar-refractivity contribution in [3.05, 3.63) is 120 Å². The number of para-hydroxylation sites is 2. The Kier molecular flexibility index (Phi) is 5.13. The van der Waals surface area contributed by atoms with E-state index in [0.717, 1.165) is 55.5 Å². The predicted octanol–water partition coefficient (Wildman–Crippen LogP) is 7.93. The summed E-state index contributed by atoms with van der Waals surface area (Å²) in [5.74, 6) is 0. The molecule has 8 heteroatoms. The van der Waals surface area contributed by atoms with Crippen molar-refractivity contribution in [3.63, 3.8) is 0 Å². The van der Waals surface area contributed by atoms with Gasteiger partial charge in [-0.2, -0.15) is 20.7 Å². The van der Waals surface area contributed by atoms with E-state index in [2.05, 4.69) is 26.0 Å². The zero-order chi connectivity index (χ0) is 29.3. The number of hydrogen-bond acceptors (Lipinski definition) is 6. The van der Waals surface area contributed by atoms with Gasteiger partial charge in [0.1, 0.15) is 23.3 Å². The van der Waals surface area contributed by atoms with Crippen LogP contribution in [0.3, 0.4) is 0 Å². The van der Waals surface area contributed by atoms with E-state index in [0.29, 0.717) is 22.3 Å².